The molecule has 0 unspecified atom stereocenters. The lowest BCUT2D eigenvalue weighted by molar-refractivity contribution is 0.301. The Kier molecular flexibility index (Phi) is 6.00. The van der Waals surface area contributed by atoms with E-state index in [-0.39, 0.29) is 5.56 Å². The summed E-state index contributed by atoms with van der Waals surface area (Å²) >= 11 is 5.72. The van der Waals surface area contributed by atoms with Crippen LogP contribution in [0.3, 0.4) is 0 Å². The summed E-state index contributed by atoms with van der Waals surface area (Å²) in [5.41, 5.74) is 2.85. The van der Waals surface area contributed by atoms with E-state index >= 15 is 0 Å². The van der Waals surface area contributed by atoms with Gasteiger partial charge in [-0.25, -0.2) is 0 Å². The van der Waals surface area contributed by atoms with Crippen LogP contribution in [-0.2, 0) is 19.5 Å². The Morgan fingerprint density at radius 2 is 2.10 bits per heavy atom. The minimum Gasteiger partial charge on any atom is -0.467 e. The monoisotopic (exact) mass is 409 g/mol. The van der Waals surface area contributed by atoms with Crippen LogP contribution in [0.15, 0.2) is 51.9 Å². The van der Waals surface area contributed by atoms with Crippen LogP contribution in [0.1, 0.15) is 49.5 Å². The van der Waals surface area contributed by atoms with Gasteiger partial charge in [-0.2, -0.15) is 0 Å². The predicted molar refractivity (Wildman–Crippen MR) is 120 cm³/mol. The minimum atomic E-state index is -0.0430. The average Bonchev–Trinajstić information content (AvgIpc) is 3.44. The average molecular weight is 410 g/mol. The Balaban J connectivity index is 1.58. The molecular formula is C23H27N3O2S. The summed E-state index contributed by atoms with van der Waals surface area (Å²) in [6, 6.07) is 12.4. The van der Waals surface area contributed by atoms with Gasteiger partial charge in [0.15, 0.2) is 5.11 Å². The van der Waals surface area contributed by atoms with Gasteiger partial charge in [0.1, 0.15) is 5.76 Å². The minimum absolute atomic E-state index is 0.0430. The van der Waals surface area contributed by atoms with Crippen molar-refractivity contribution in [1.29, 1.82) is 0 Å². The zero-order valence-electron chi connectivity index (χ0n) is 16.7. The molecule has 0 saturated heterocycles. The molecule has 2 N–H and O–H groups in total. The van der Waals surface area contributed by atoms with Gasteiger partial charge in [-0.1, -0.05) is 25.8 Å². The molecule has 1 fully saturated rings. The van der Waals surface area contributed by atoms with E-state index in [4.69, 9.17) is 16.6 Å². The Morgan fingerprint density at radius 3 is 2.83 bits per heavy atom. The highest BCUT2D eigenvalue weighted by Crippen LogP contribution is 2.25. The number of hydrogen-bond acceptors (Lipinski definition) is 3. The first-order valence-electron chi connectivity index (χ1n) is 10.4. The number of H-pyrrole nitrogens is 1. The first kappa shape index (κ1) is 19.7. The summed E-state index contributed by atoms with van der Waals surface area (Å²) in [6.07, 6.45) is 7.25. The van der Waals surface area contributed by atoms with E-state index in [1.54, 1.807) is 6.26 Å². The molecule has 1 aromatic carbocycles. The van der Waals surface area contributed by atoms with Crippen molar-refractivity contribution in [3.8, 4) is 0 Å². The fourth-order valence-corrected chi connectivity index (χ4v) is 4.37. The van der Waals surface area contributed by atoms with Gasteiger partial charge in [-0.05, 0) is 72.8 Å². The zero-order valence-corrected chi connectivity index (χ0v) is 17.6. The van der Waals surface area contributed by atoms with Crippen LogP contribution < -0.4 is 10.9 Å². The van der Waals surface area contributed by atoms with Gasteiger partial charge in [0.05, 0.1) is 19.4 Å². The normalized spacial score (nSPS) is 14.4. The van der Waals surface area contributed by atoms with Gasteiger partial charge in [0, 0.05) is 17.1 Å². The number of rotatable bonds is 6. The van der Waals surface area contributed by atoms with Crippen molar-refractivity contribution < 1.29 is 4.42 Å². The van der Waals surface area contributed by atoms with Crippen molar-refractivity contribution in [2.45, 2.75) is 58.2 Å². The summed E-state index contributed by atoms with van der Waals surface area (Å²) < 4.78 is 5.40. The van der Waals surface area contributed by atoms with Gasteiger partial charge in [0.2, 0.25) is 0 Å². The van der Waals surface area contributed by atoms with E-state index < -0.39 is 0 Å². The van der Waals surface area contributed by atoms with Gasteiger partial charge < -0.3 is 19.6 Å². The number of hydrogen-bond donors (Lipinski definition) is 2. The third-order valence-corrected chi connectivity index (χ3v) is 6.13. The quantitative estimate of drug-likeness (QED) is 0.587. The van der Waals surface area contributed by atoms with Crippen LogP contribution in [-0.4, -0.2) is 21.0 Å². The Labute approximate surface area is 176 Å². The molecule has 0 spiro atoms. The molecule has 0 bridgehead atoms. The van der Waals surface area contributed by atoms with E-state index in [9.17, 15) is 4.79 Å². The molecule has 1 aliphatic rings. The maximum absolute atomic E-state index is 12.7. The second kappa shape index (κ2) is 8.82. The maximum Gasteiger partial charge on any atom is 0.253 e. The topological polar surface area (TPSA) is 61.3 Å². The molecule has 4 rings (SSSR count). The van der Waals surface area contributed by atoms with Crippen LogP contribution >= 0.6 is 12.2 Å². The highest BCUT2D eigenvalue weighted by Gasteiger charge is 2.25. The molecule has 6 heteroatoms. The standard InChI is InChI=1S/C23H27N3O2S/c1-2-16-9-10-21-17(12-16)13-18(22(27)25-21)15-26(19-6-3-4-7-19)23(29)24-14-20-8-5-11-28-20/h5,8-13,19H,2-4,6-7,14-15H2,1H3,(H,24,29)(H,25,27). The van der Waals surface area contributed by atoms with Gasteiger partial charge >= 0.3 is 0 Å². The molecule has 1 aliphatic carbocycles. The van der Waals surface area contributed by atoms with Gasteiger partial charge in [-0.15, -0.1) is 0 Å². The van der Waals surface area contributed by atoms with Crippen LogP contribution in [0.5, 0.6) is 0 Å². The molecule has 0 atom stereocenters. The molecule has 152 valence electrons. The second-order valence-corrected chi connectivity index (χ2v) is 8.09. The first-order valence-corrected chi connectivity index (χ1v) is 10.8. The van der Waals surface area contributed by atoms with E-state index in [2.05, 4.69) is 34.3 Å². The molecule has 0 aliphatic heterocycles. The number of aryl methyl sites for hydroxylation is 1. The van der Waals surface area contributed by atoms with Crippen molar-refractivity contribution in [3.63, 3.8) is 0 Å². The lowest BCUT2D eigenvalue weighted by Gasteiger charge is -2.31. The van der Waals surface area contributed by atoms with Crippen LogP contribution in [0.4, 0.5) is 0 Å². The molecular weight excluding hydrogens is 382 g/mol. The number of furan rings is 1. The number of aromatic nitrogens is 1. The van der Waals surface area contributed by atoms with Crippen LogP contribution in [0, 0.1) is 0 Å². The van der Waals surface area contributed by atoms with Gasteiger partial charge in [-0.3, -0.25) is 4.79 Å². The summed E-state index contributed by atoms with van der Waals surface area (Å²) in [5.74, 6) is 0.842. The molecule has 1 saturated carbocycles. The number of fused-ring (bicyclic) bond motifs is 1. The third-order valence-electron chi connectivity index (χ3n) is 5.75. The molecule has 0 amide bonds. The number of benzene rings is 1. The van der Waals surface area contributed by atoms with Gasteiger partial charge in [0.25, 0.3) is 5.56 Å². The van der Waals surface area contributed by atoms with Crippen molar-refractivity contribution in [2.24, 2.45) is 0 Å². The maximum atomic E-state index is 12.7. The summed E-state index contributed by atoms with van der Waals surface area (Å²) in [4.78, 5) is 18.0. The fourth-order valence-electron chi connectivity index (χ4n) is 4.08. The lowest BCUT2D eigenvalue weighted by Crippen LogP contribution is -2.45. The first-order chi connectivity index (χ1) is 14.1. The SMILES string of the molecule is CCc1ccc2[nH]c(=O)c(CN(C(=S)NCc3ccco3)C3CCCC3)cc2c1. The molecule has 5 nitrogen and oxygen atoms in total. The smallest absolute Gasteiger partial charge is 0.253 e. The third kappa shape index (κ3) is 4.53. The van der Waals surface area contributed by atoms with Crippen LogP contribution in [0.2, 0.25) is 0 Å². The van der Waals surface area contributed by atoms with E-state index in [1.165, 1.54) is 18.4 Å². The zero-order chi connectivity index (χ0) is 20.2. The van der Waals surface area contributed by atoms with Crippen molar-refractivity contribution in [3.05, 3.63) is 69.9 Å². The van der Waals surface area contributed by atoms with Crippen molar-refractivity contribution in [2.75, 3.05) is 0 Å². The number of thiocarbonyl (C=S) groups is 1. The predicted octanol–water partition coefficient (Wildman–Crippen LogP) is 4.50. The second-order valence-electron chi connectivity index (χ2n) is 7.70. The highest BCUT2D eigenvalue weighted by molar-refractivity contribution is 7.80. The summed E-state index contributed by atoms with van der Waals surface area (Å²) in [7, 11) is 0. The molecule has 0 radical (unpaired) electrons. The molecule has 29 heavy (non-hydrogen) atoms. The number of nitrogens with one attached hydrogen (secondary N) is 2. The highest BCUT2D eigenvalue weighted by atomic mass is 32.1. The Bertz CT molecular complexity index is 1040. The number of pyridine rings is 1. The Morgan fingerprint density at radius 1 is 1.28 bits per heavy atom. The van der Waals surface area contributed by atoms with E-state index in [0.717, 1.165) is 41.5 Å². The lowest BCUT2D eigenvalue weighted by atomic mass is 10.1. The summed E-state index contributed by atoms with van der Waals surface area (Å²) in [6.45, 7) is 3.19. The number of nitrogens with zero attached hydrogens (tertiary/aromatic N) is 1. The molecule has 2 heterocycles. The van der Waals surface area contributed by atoms with Crippen molar-refractivity contribution >= 4 is 28.2 Å². The van der Waals surface area contributed by atoms with E-state index in [0.29, 0.717) is 24.2 Å². The van der Waals surface area contributed by atoms with Crippen LogP contribution in [0.25, 0.3) is 10.9 Å². The molecule has 2 aromatic heterocycles. The fraction of sp³-hybridized carbons (Fsp3) is 0.391. The van der Waals surface area contributed by atoms with Crippen molar-refractivity contribution in [1.82, 2.24) is 15.2 Å². The molecule has 3 aromatic rings. The summed E-state index contributed by atoms with van der Waals surface area (Å²) in [5, 5.41) is 5.05. The van der Waals surface area contributed by atoms with E-state index in [1.807, 2.05) is 24.3 Å². The number of aromatic amines is 1. The Hall–Kier alpha value is -2.60. The largest absolute Gasteiger partial charge is 0.467 e.